The number of carboxylic acid groups (broad SMARTS) is 1. The van der Waals surface area contributed by atoms with Crippen LogP contribution in [0, 0.1) is 0 Å². The van der Waals surface area contributed by atoms with Crippen molar-refractivity contribution in [3.8, 4) is 0 Å². The summed E-state index contributed by atoms with van der Waals surface area (Å²) in [4.78, 5) is 11.4. The maximum Gasteiger partial charge on any atom is 0.341 e. The Morgan fingerprint density at radius 3 is 2.56 bits per heavy atom. The lowest BCUT2D eigenvalue weighted by Crippen LogP contribution is -2.08. The highest BCUT2D eigenvalue weighted by Gasteiger charge is 2.27. The lowest BCUT2D eigenvalue weighted by Gasteiger charge is -2.11. The standard InChI is InChI=1S/C14H21NO3/c1-2-7-11-12(14(16)17)13(15-18-11)10-8-5-3-4-6-9-10/h10H,2-9H2,1H3,(H,16,17). The zero-order valence-corrected chi connectivity index (χ0v) is 10.9. The van der Waals surface area contributed by atoms with Crippen molar-refractivity contribution in [2.24, 2.45) is 0 Å². The second-order valence-electron chi connectivity index (χ2n) is 5.11. The first-order chi connectivity index (χ1) is 8.74. The van der Waals surface area contributed by atoms with Gasteiger partial charge in [0.05, 0.1) is 0 Å². The molecule has 0 aromatic carbocycles. The number of hydrogen-bond donors (Lipinski definition) is 1. The molecule has 0 saturated heterocycles. The molecular weight excluding hydrogens is 230 g/mol. The van der Waals surface area contributed by atoms with Crippen molar-refractivity contribution in [2.45, 2.75) is 64.2 Å². The predicted molar refractivity (Wildman–Crippen MR) is 67.9 cm³/mol. The largest absolute Gasteiger partial charge is 0.477 e. The number of rotatable bonds is 4. The Bertz CT molecular complexity index is 403. The highest BCUT2D eigenvalue weighted by atomic mass is 16.5. The molecule has 1 aromatic heterocycles. The summed E-state index contributed by atoms with van der Waals surface area (Å²) in [6.07, 6.45) is 8.44. The molecule has 0 atom stereocenters. The molecule has 1 N–H and O–H groups in total. The van der Waals surface area contributed by atoms with Crippen LogP contribution in [0.4, 0.5) is 0 Å². The topological polar surface area (TPSA) is 63.3 Å². The molecule has 100 valence electrons. The van der Waals surface area contributed by atoms with Crippen LogP contribution < -0.4 is 0 Å². The first kappa shape index (κ1) is 13.1. The molecule has 0 aliphatic heterocycles. The molecule has 1 heterocycles. The van der Waals surface area contributed by atoms with E-state index in [1.807, 2.05) is 6.92 Å². The Kier molecular flexibility index (Phi) is 4.39. The molecule has 0 spiro atoms. The Balaban J connectivity index is 2.28. The van der Waals surface area contributed by atoms with Crippen LogP contribution >= 0.6 is 0 Å². The van der Waals surface area contributed by atoms with Crippen LogP contribution in [0.3, 0.4) is 0 Å². The van der Waals surface area contributed by atoms with Crippen molar-refractivity contribution in [3.05, 3.63) is 17.0 Å². The van der Waals surface area contributed by atoms with E-state index in [4.69, 9.17) is 4.52 Å². The molecule has 1 fully saturated rings. The van der Waals surface area contributed by atoms with Crippen molar-refractivity contribution in [2.75, 3.05) is 0 Å². The third kappa shape index (κ3) is 2.74. The quantitative estimate of drug-likeness (QED) is 0.827. The van der Waals surface area contributed by atoms with Crippen LogP contribution in [-0.2, 0) is 6.42 Å². The van der Waals surface area contributed by atoms with E-state index in [2.05, 4.69) is 5.16 Å². The second kappa shape index (κ2) is 6.03. The van der Waals surface area contributed by atoms with Gasteiger partial charge in [0, 0.05) is 12.3 Å². The summed E-state index contributed by atoms with van der Waals surface area (Å²) in [5.74, 6) is -0.0730. The third-order valence-electron chi connectivity index (χ3n) is 3.72. The van der Waals surface area contributed by atoms with E-state index < -0.39 is 5.97 Å². The monoisotopic (exact) mass is 251 g/mol. The fourth-order valence-corrected chi connectivity index (χ4v) is 2.80. The van der Waals surface area contributed by atoms with Crippen LogP contribution in [0.15, 0.2) is 4.52 Å². The van der Waals surface area contributed by atoms with Gasteiger partial charge < -0.3 is 9.63 Å². The average molecular weight is 251 g/mol. The van der Waals surface area contributed by atoms with E-state index in [0.29, 0.717) is 23.4 Å². The van der Waals surface area contributed by atoms with E-state index in [1.54, 1.807) is 0 Å². The highest BCUT2D eigenvalue weighted by Crippen LogP contribution is 2.34. The van der Waals surface area contributed by atoms with Gasteiger partial charge in [-0.25, -0.2) is 4.79 Å². The first-order valence-corrected chi connectivity index (χ1v) is 6.95. The maximum absolute atomic E-state index is 11.4. The van der Waals surface area contributed by atoms with Crippen molar-refractivity contribution in [1.29, 1.82) is 0 Å². The Morgan fingerprint density at radius 1 is 1.33 bits per heavy atom. The van der Waals surface area contributed by atoms with Crippen molar-refractivity contribution < 1.29 is 14.4 Å². The van der Waals surface area contributed by atoms with E-state index in [1.165, 1.54) is 25.7 Å². The lowest BCUT2D eigenvalue weighted by molar-refractivity contribution is 0.0692. The van der Waals surface area contributed by atoms with Crippen LogP contribution in [0.1, 0.15) is 79.6 Å². The van der Waals surface area contributed by atoms with Gasteiger partial charge in [-0.3, -0.25) is 0 Å². The van der Waals surface area contributed by atoms with Gasteiger partial charge in [-0.05, 0) is 19.3 Å². The van der Waals surface area contributed by atoms with Crippen LogP contribution in [0.5, 0.6) is 0 Å². The first-order valence-electron chi connectivity index (χ1n) is 6.95. The van der Waals surface area contributed by atoms with Gasteiger partial charge >= 0.3 is 5.97 Å². The Morgan fingerprint density at radius 2 is 2.00 bits per heavy atom. The SMILES string of the molecule is CCCc1onc(C2CCCCCC2)c1C(=O)O. The average Bonchev–Trinajstić information content (AvgIpc) is 2.59. The van der Waals surface area contributed by atoms with Gasteiger partial charge in [0.2, 0.25) is 0 Å². The molecule has 1 aliphatic carbocycles. The number of carbonyl (C=O) groups is 1. The van der Waals surface area contributed by atoms with Crippen molar-refractivity contribution >= 4 is 5.97 Å². The van der Waals surface area contributed by atoms with E-state index >= 15 is 0 Å². The van der Waals surface area contributed by atoms with Gasteiger partial charge in [-0.15, -0.1) is 0 Å². The van der Waals surface area contributed by atoms with E-state index in [9.17, 15) is 9.90 Å². The Hall–Kier alpha value is -1.32. The molecule has 0 radical (unpaired) electrons. The number of carboxylic acids is 1. The molecule has 1 aliphatic rings. The summed E-state index contributed by atoms with van der Waals surface area (Å²) in [6, 6.07) is 0. The molecule has 0 amide bonds. The molecular formula is C14H21NO3. The van der Waals surface area contributed by atoms with Crippen molar-refractivity contribution in [3.63, 3.8) is 0 Å². The number of aromatic carboxylic acids is 1. The summed E-state index contributed by atoms with van der Waals surface area (Å²) < 4.78 is 5.26. The van der Waals surface area contributed by atoms with Gasteiger partial charge in [-0.1, -0.05) is 37.8 Å². The van der Waals surface area contributed by atoms with Gasteiger partial charge in [0.15, 0.2) is 5.76 Å². The fraction of sp³-hybridized carbons (Fsp3) is 0.714. The third-order valence-corrected chi connectivity index (χ3v) is 3.72. The minimum atomic E-state index is -0.890. The smallest absolute Gasteiger partial charge is 0.341 e. The predicted octanol–water partition coefficient (Wildman–Crippen LogP) is 3.76. The minimum Gasteiger partial charge on any atom is -0.477 e. The molecule has 4 nitrogen and oxygen atoms in total. The molecule has 0 bridgehead atoms. The number of aromatic nitrogens is 1. The Labute approximate surface area is 107 Å². The number of nitrogens with zero attached hydrogens (tertiary/aromatic N) is 1. The molecule has 0 unspecified atom stereocenters. The second-order valence-corrected chi connectivity index (χ2v) is 5.11. The molecule has 2 rings (SSSR count). The van der Waals surface area contributed by atoms with Gasteiger partial charge in [-0.2, -0.15) is 0 Å². The summed E-state index contributed by atoms with van der Waals surface area (Å²) >= 11 is 0. The molecule has 4 heteroatoms. The van der Waals surface area contributed by atoms with Crippen LogP contribution in [0.2, 0.25) is 0 Å². The zero-order valence-electron chi connectivity index (χ0n) is 10.9. The molecule has 18 heavy (non-hydrogen) atoms. The number of aryl methyl sites for hydroxylation is 1. The summed E-state index contributed by atoms with van der Waals surface area (Å²) in [5, 5.41) is 13.4. The summed E-state index contributed by atoms with van der Waals surface area (Å²) in [6.45, 7) is 2.01. The minimum absolute atomic E-state index is 0.271. The lowest BCUT2D eigenvalue weighted by atomic mass is 9.92. The van der Waals surface area contributed by atoms with E-state index in [-0.39, 0.29) is 5.92 Å². The normalized spacial score (nSPS) is 17.6. The van der Waals surface area contributed by atoms with Crippen LogP contribution in [0.25, 0.3) is 0 Å². The molecule has 1 saturated carbocycles. The molecule has 1 aromatic rings. The summed E-state index contributed by atoms with van der Waals surface area (Å²) in [5.41, 5.74) is 1.02. The fourth-order valence-electron chi connectivity index (χ4n) is 2.80. The summed E-state index contributed by atoms with van der Waals surface area (Å²) in [7, 11) is 0. The van der Waals surface area contributed by atoms with Crippen molar-refractivity contribution in [1.82, 2.24) is 5.16 Å². The van der Waals surface area contributed by atoms with Gasteiger partial charge in [0.1, 0.15) is 11.3 Å². The van der Waals surface area contributed by atoms with Crippen LogP contribution in [-0.4, -0.2) is 16.2 Å². The highest BCUT2D eigenvalue weighted by molar-refractivity contribution is 5.90. The van der Waals surface area contributed by atoms with Gasteiger partial charge in [0.25, 0.3) is 0 Å². The van der Waals surface area contributed by atoms with E-state index in [0.717, 1.165) is 19.3 Å². The zero-order chi connectivity index (χ0) is 13.0. The number of hydrogen-bond acceptors (Lipinski definition) is 3. The maximum atomic E-state index is 11.4.